The van der Waals surface area contributed by atoms with Gasteiger partial charge < -0.3 is 28.5 Å². The number of hydrogen-bond acceptors (Lipinski definition) is 8. The van der Waals surface area contributed by atoms with E-state index in [1.807, 2.05) is 12.1 Å². The van der Waals surface area contributed by atoms with Gasteiger partial charge >= 0.3 is 0 Å². The summed E-state index contributed by atoms with van der Waals surface area (Å²) in [6.07, 6.45) is 3.69. The Bertz CT molecular complexity index is 1140. The summed E-state index contributed by atoms with van der Waals surface area (Å²) in [5.41, 5.74) is 1.51. The number of carbonyl (C=O) groups excluding carboxylic acids is 1. The number of aromatic nitrogens is 3. The van der Waals surface area contributed by atoms with Crippen LogP contribution in [0.25, 0.3) is 0 Å². The molecule has 2 aromatic heterocycles. The lowest BCUT2D eigenvalue weighted by Crippen LogP contribution is -2.34. The van der Waals surface area contributed by atoms with Crippen LogP contribution in [0.15, 0.2) is 35.1 Å². The molecule has 35 heavy (non-hydrogen) atoms. The number of ether oxygens (including phenoxy) is 3. The van der Waals surface area contributed by atoms with Gasteiger partial charge in [-0.15, -0.1) is 10.2 Å². The fraction of sp³-hybridized carbons (Fsp3) is 0.480. The van der Waals surface area contributed by atoms with Crippen molar-refractivity contribution >= 4 is 5.91 Å². The average Bonchev–Trinajstić information content (AvgIpc) is 3.50. The minimum atomic E-state index is -0.267. The minimum absolute atomic E-state index is 0.134. The standard InChI is InChI=1S/C25H33N5O5/c1-16(2)23(26-25(31)17-7-11-35-15-17)24-28-27-22-6-8-29(9-10-30(22)24)14-18-12-20(33-4)21(34-5)13-19(18)32-3/h7,11-13,15-16,23H,6,8-10,14H2,1-5H3,(H,26,31)/t23-/m1/s1. The highest BCUT2D eigenvalue weighted by atomic mass is 16.5. The van der Waals surface area contributed by atoms with Gasteiger partial charge in [0.05, 0.1) is 39.2 Å². The molecule has 188 valence electrons. The van der Waals surface area contributed by atoms with E-state index in [0.29, 0.717) is 23.6 Å². The van der Waals surface area contributed by atoms with E-state index in [0.717, 1.165) is 49.0 Å². The molecule has 3 heterocycles. The number of nitrogens with one attached hydrogen (secondary N) is 1. The van der Waals surface area contributed by atoms with Crippen LogP contribution < -0.4 is 19.5 Å². The molecule has 0 unspecified atom stereocenters. The molecule has 1 aromatic carbocycles. The van der Waals surface area contributed by atoms with Crippen LogP contribution in [0.3, 0.4) is 0 Å². The van der Waals surface area contributed by atoms with Crippen LogP contribution in [0.4, 0.5) is 0 Å². The van der Waals surface area contributed by atoms with Gasteiger partial charge in [0, 0.05) is 44.2 Å². The summed E-state index contributed by atoms with van der Waals surface area (Å²) in [5, 5.41) is 12.1. The lowest BCUT2D eigenvalue weighted by atomic mass is 10.0. The summed E-state index contributed by atoms with van der Waals surface area (Å²) in [4.78, 5) is 15.1. The Morgan fingerprint density at radius 1 is 1.06 bits per heavy atom. The number of benzene rings is 1. The normalized spacial score (nSPS) is 14.8. The largest absolute Gasteiger partial charge is 0.496 e. The summed E-state index contributed by atoms with van der Waals surface area (Å²) in [7, 11) is 4.90. The number of hydrogen-bond donors (Lipinski definition) is 1. The molecule has 0 bridgehead atoms. The smallest absolute Gasteiger partial charge is 0.255 e. The van der Waals surface area contributed by atoms with Crippen LogP contribution in [0.1, 0.15) is 47.5 Å². The minimum Gasteiger partial charge on any atom is -0.496 e. The van der Waals surface area contributed by atoms with E-state index in [1.165, 1.54) is 12.5 Å². The van der Waals surface area contributed by atoms with Crippen molar-refractivity contribution in [2.45, 2.75) is 39.4 Å². The molecular weight excluding hydrogens is 450 g/mol. The lowest BCUT2D eigenvalue weighted by molar-refractivity contribution is 0.0921. The third kappa shape index (κ3) is 5.27. The molecule has 10 heteroatoms. The Balaban J connectivity index is 1.51. The second-order valence-electron chi connectivity index (χ2n) is 8.88. The Hall–Kier alpha value is -3.53. The van der Waals surface area contributed by atoms with E-state index in [4.69, 9.17) is 18.6 Å². The highest BCUT2D eigenvalue weighted by Crippen LogP contribution is 2.35. The molecule has 0 fully saturated rings. The maximum Gasteiger partial charge on any atom is 0.255 e. The first kappa shape index (κ1) is 24.6. The van der Waals surface area contributed by atoms with Crippen molar-refractivity contribution in [3.8, 4) is 17.2 Å². The van der Waals surface area contributed by atoms with E-state index < -0.39 is 0 Å². The topological polar surface area (TPSA) is 104 Å². The van der Waals surface area contributed by atoms with E-state index in [1.54, 1.807) is 27.4 Å². The predicted octanol–water partition coefficient (Wildman–Crippen LogP) is 3.08. The molecule has 1 atom stereocenters. The van der Waals surface area contributed by atoms with Crippen molar-refractivity contribution in [2.75, 3.05) is 34.4 Å². The highest BCUT2D eigenvalue weighted by Gasteiger charge is 2.28. The Morgan fingerprint density at radius 2 is 1.80 bits per heavy atom. The second kappa shape index (κ2) is 10.8. The van der Waals surface area contributed by atoms with Gasteiger partial charge in [0.2, 0.25) is 0 Å². The van der Waals surface area contributed by atoms with Gasteiger partial charge in [0.15, 0.2) is 17.3 Å². The van der Waals surface area contributed by atoms with Crippen molar-refractivity contribution < 1.29 is 23.4 Å². The lowest BCUT2D eigenvalue weighted by Gasteiger charge is -2.24. The molecule has 1 aliphatic heterocycles. The van der Waals surface area contributed by atoms with Gasteiger partial charge in [0.25, 0.3) is 5.91 Å². The van der Waals surface area contributed by atoms with Gasteiger partial charge in [-0.05, 0) is 18.1 Å². The zero-order valence-corrected chi connectivity index (χ0v) is 20.9. The second-order valence-corrected chi connectivity index (χ2v) is 8.88. The monoisotopic (exact) mass is 483 g/mol. The third-order valence-electron chi connectivity index (χ3n) is 6.34. The third-order valence-corrected chi connectivity index (χ3v) is 6.34. The van der Waals surface area contributed by atoms with Crippen LogP contribution in [0, 0.1) is 5.92 Å². The number of amides is 1. The molecular formula is C25H33N5O5. The molecule has 0 spiro atoms. The summed E-state index contributed by atoms with van der Waals surface area (Å²) >= 11 is 0. The average molecular weight is 484 g/mol. The van der Waals surface area contributed by atoms with Crippen molar-refractivity contribution in [2.24, 2.45) is 5.92 Å². The van der Waals surface area contributed by atoms with Gasteiger partial charge in [-0.3, -0.25) is 9.69 Å². The number of carbonyl (C=O) groups is 1. The Morgan fingerprint density at radius 3 is 2.46 bits per heavy atom. The summed E-state index contributed by atoms with van der Waals surface area (Å²) in [6.45, 7) is 7.17. The zero-order valence-electron chi connectivity index (χ0n) is 20.9. The van der Waals surface area contributed by atoms with E-state index in [9.17, 15) is 4.79 Å². The molecule has 1 aliphatic rings. The van der Waals surface area contributed by atoms with Crippen LogP contribution in [0.5, 0.6) is 17.2 Å². The summed E-state index contributed by atoms with van der Waals surface area (Å²) in [5.74, 6) is 3.71. The maximum atomic E-state index is 12.7. The van der Waals surface area contributed by atoms with Crippen molar-refractivity contribution in [3.63, 3.8) is 0 Å². The highest BCUT2D eigenvalue weighted by molar-refractivity contribution is 5.94. The summed E-state index contributed by atoms with van der Waals surface area (Å²) in [6, 6.07) is 5.21. The van der Waals surface area contributed by atoms with Crippen molar-refractivity contribution in [1.29, 1.82) is 0 Å². The van der Waals surface area contributed by atoms with Crippen molar-refractivity contribution in [1.82, 2.24) is 25.0 Å². The first-order chi connectivity index (χ1) is 16.9. The molecule has 4 rings (SSSR count). The molecule has 0 radical (unpaired) electrons. The van der Waals surface area contributed by atoms with Crippen LogP contribution in [-0.4, -0.2) is 60.0 Å². The van der Waals surface area contributed by atoms with E-state index >= 15 is 0 Å². The number of fused-ring (bicyclic) bond motifs is 1. The molecule has 0 saturated carbocycles. The summed E-state index contributed by atoms with van der Waals surface area (Å²) < 4.78 is 23.7. The number of methoxy groups -OCH3 is 3. The molecule has 10 nitrogen and oxygen atoms in total. The first-order valence-electron chi connectivity index (χ1n) is 11.7. The molecule has 1 amide bonds. The molecule has 3 aromatic rings. The Kier molecular flexibility index (Phi) is 7.60. The van der Waals surface area contributed by atoms with Gasteiger partial charge in [-0.1, -0.05) is 13.8 Å². The number of rotatable bonds is 9. The van der Waals surface area contributed by atoms with Crippen LogP contribution in [-0.2, 0) is 19.5 Å². The van der Waals surface area contributed by atoms with Gasteiger partial charge in [-0.2, -0.15) is 0 Å². The Labute approximate surface area is 205 Å². The maximum absolute atomic E-state index is 12.7. The predicted molar refractivity (Wildman–Crippen MR) is 129 cm³/mol. The number of nitrogens with zero attached hydrogens (tertiary/aromatic N) is 4. The fourth-order valence-corrected chi connectivity index (χ4v) is 4.38. The molecule has 1 N–H and O–H groups in total. The van der Waals surface area contributed by atoms with Gasteiger partial charge in [0.1, 0.15) is 17.8 Å². The fourth-order valence-electron chi connectivity index (χ4n) is 4.38. The van der Waals surface area contributed by atoms with Gasteiger partial charge in [-0.25, -0.2) is 0 Å². The number of furan rings is 1. The van der Waals surface area contributed by atoms with E-state index in [2.05, 4.69) is 38.8 Å². The first-order valence-corrected chi connectivity index (χ1v) is 11.7. The molecule has 0 aliphatic carbocycles. The van der Waals surface area contributed by atoms with Crippen molar-refractivity contribution in [3.05, 3.63) is 53.5 Å². The quantitative estimate of drug-likeness (QED) is 0.495. The van der Waals surface area contributed by atoms with Crippen LogP contribution >= 0.6 is 0 Å². The zero-order chi connectivity index (χ0) is 24.9. The van der Waals surface area contributed by atoms with Crippen LogP contribution in [0.2, 0.25) is 0 Å². The molecule has 0 saturated heterocycles. The SMILES string of the molecule is COc1cc(OC)c(OC)cc1CN1CCc2nnc([C@H](NC(=O)c3ccoc3)C(C)C)n2CC1. The van der Waals surface area contributed by atoms with E-state index in [-0.39, 0.29) is 17.9 Å².